The molecule has 1 N–H and O–H groups in total. The number of nitrogens with one attached hydrogen (secondary N) is 1. The predicted octanol–water partition coefficient (Wildman–Crippen LogP) is 3.43. The van der Waals surface area contributed by atoms with Crippen molar-refractivity contribution in [2.45, 2.75) is 19.8 Å². The van der Waals surface area contributed by atoms with Crippen LogP contribution in [0, 0.1) is 27.6 Å². The Morgan fingerprint density at radius 1 is 1.07 bits per heavy atom. The van der Waals surface area contributed by atoms with Gasteiger partial charge < -0.3 is 10.2 Å². The van der Waals surface area contributed by atoms with Crippen molar-refractivity contribution >= 4 is 23.2 Å². The summed E-state index contributed by atoms with van der Waals surface area (Å²) in [6.07, 6.45) is 0.448. The first kappa shape index (κ1) is 21.9. The molecule has 2 aromatic carbocycles. The van der Waals surface area contributed by atoms with Crippen LogP contribution in [0.1, 0.15) is 18.9 Å². The van der Waals surface area contributed by atoms with Crippen LogP contribution in [-0.4, -0.2) is 34.7 Å². The number of carbonyl (C=O) groups is 2. The van der Waals surface area contributed by atoms with Crippen molar-refractivity contribution in [3.05, 3.63) is 69.5 Å². The topological polar surface area (TPSA) is 92.6 Å². The van der Waals surface area contributed by atoms with Gasteiger partial charge in [0.25, 0.3) is 5.69 Å². The molecule has 2 rings (SSSR count). The molecule has 0 radical (unpaired) electrons. The molecule has 0 saturated heterocycles. The van der Waals surface area contributed by atoms with Crippen molar-refractivity contribution in [3.8, 4) is 0 Å². The van der Waals surface area contributed by atoms with Crippen molar-refractivity contribution in [1.29, 1.82) is 0 Å². The molecule has 2 amide bonds. The van der Waals surface area contributed by atoms with Crippen LogP contribution in [0.3, 0.4) is 0 Å². The molecule has 0 aromatic heterocycles. The lowest BCUT2D eigenvalue weighted by molar-refractivity contribution is -0.384. The van der Waals surface area contributed by atoms with E-state index in [0.29, 0.717) is 18.1 Å². The Kier molecular flexibility index (Phi) is 7.29. The Morgan fingerprint density at radius 2 is 1.72 bits per heavy atom. The highest BCUT2D eigenvalue weighted by atomic mass is 19.2. The van der Waals surface area contributed by atoms with E-state index in [2.05, 4.69) is 5.32 Å². The quantitative estimate of drug-likeness (QED) is 0.411. The zero-order valence-corrected chi connectivity index (χ0v) is 15.5. The number of nitro groups is 1. The first-order valence-electron chi connectivity index (χ1n) is 8.67. The average Bonchev–Trinajstić information content (AvgIpc) is 2.68. The highest BCUT2D eigenvalue weighted by Crippen LogP contribution is 2.19. The van der Waals surface area contributed by atoms with Crippen molar-refractivity contribution in [1.82, 2.24) is 4.90 Å². The van der Waals surface area contributed by atoms with Gasteiger partial charge in [-0.25, -0.2) is 13.2 Å². The fourth-order valence-electron chi connectivity index (χ4n) is 2.57. The van der Waals surface area contributed by atoms with Crippen molar-refractivity contribution in [2.75, 3.05) is 18.4 Å². The van der Waals surface area contributed by atoms with Gasteiger partial charge in [-0.3, -0.25) is 19.7 Å². The summed E-state index contributed by atoms with van der Waals surface area (Å²) in [5, 5.41) is 12.8. The maximum absolute atomic E-state index is 13.7. The van der Waals surface area contributed by atoms with Crippen LogP contribution in [0.25, 0.3) is 0 Å². The minimum atomic E-state index is -1.71. The van der Waals surface area contributed by atoms with Gasteiger partial charge in [0, 0.05) is 18.7 Å². The third kappa shape index (κ3) is 5.77. The Labute approximate surface area is 164 Å². The van der Waals surface area contributed by atoms with Gasteiger partial charge in [0.15, 0.2) is 17.5 Å². The van der Waals surface area contributed by atoms with Crippen LogP contribution >= 0.6 is 0 Å². The normalized spacial score (nSPS) is 10.5. The van der Waals surface area contributed by atoms with Crippen molar-refractivity contribution in [2.24, 2.45) is 0 Å². The number of carbonyl (C=O) groups excluding carboxylic acids is 2. The lowest BCUT2D eigenvalue weighted by atomic mass is 10.1. The van der Waals surface area contributed by atoms with E-state index in [4.69, 9.17) is 0 Å². The summed E-state index contributed by atoms with van der Waals surface area (Å²) in [5.41, 5.74) is -0.124. The van der Waals surface area contributed by atoms with E-state index in [0.717, 1.165) is 6.07 Å². The summed E-state index contributed by atoms with van der Waals surface area (Å²) in [7, 11) is 0. The fourth-order valence-corrected chi connectivity index (χ4v) is 2.57. The summed E-state index contributed by atoms with van der Waals surface area (Å²) in [5.74, 6) is -5.81. The zero-order chi connectivity index (χ0) is 21.6. The standard InChI is InChI=1S/C19H18F3N3O4/c1-2-9-24(17(27)10-12-3-5-13(6-4-12)25(28)29)11-16(26)23-15-8-7-14(20)18(21)19(15)22/h3-8H,2,9-11H2,1H3,(H,23,26). The number of halogens is 3. The molecule has 0 unspecified atom stereocenters. The number of non-ortho nitro benzene ring substituents is 1. The first-order chi connectivity index (χ1) is 13.7. The van der Waals surface area contributed by atoms with Crippen LogP contribution < -0.4 is 5.32 Å². The van der Waals surface area contributed by atoms with E-state index in [1.165, 1.54) is 29.2 Å². The number of nitro benzene ring substituents is 1. The van der Waals surface area contributed by atoms with Crippen LogP contribution in [-0.2, 0) is 16.0 Å². The highest BCUT2D eigenvalue weighted by molar-refractivity contribution is 5.94. The predicted molar refractivity (Wildman–Crippen MR) is 98.6 cm³/mol. The number of rotatable bonds is 8. The van der Waals surface area contributed by atoms with Gasteiger partial charge in [0.1, 0.15) is 0 Å². The number of nitrogens with zero attached hydrogens (tertiary/aromatic N) is 2. The van der Waals surface area contributed by atoms with Crippen LogP contribution in [0.5, 0.6) is 0 Å². The van der Waals surface area contributed by atoms with Crippen LogP contribution in [0.4, 0.5) is 24.5 Å². The van der Waals surface area contributed by atoms with Gasteiger partial charge in [0.2, 0.25) is 11.8 Å². The largest absolute Gasteiger partial charge is 0.333 e. The van der Waals surface area contributed by atoms with Gasteiger partial charge in [0.05, 0.1) is 23.6 Å². The first-order valence-corrected chi connectivity index (χ1v) is 8.67. The van der Waals surface area contributed by atoms with Crippen molar-refractivity contribution < 1.29 is 27.7 Å². The zero-order valence-electron chi connectivity index (χ0n) is 15.5. The van der Waals surface area contributed by atoms with E-state index in [9.17, 15) is 32.9 Å². The maximum atomic E-state index is 13.7. The summed E-state index contributed by atoms with van der Waals surface area (Å²) in [4.78, 5) is 36.0. The summed E-state index contributed by atoms with van der Waals surface area (Å²) in [6.45, 7) is 1.61. The van der Waals surface area contributed by atoms with Crippen LogP contribution in [0.15, 0.2) is 36.4 Å². The van der Waals surface area contributed by atoms with Gasteiger partial charge >= 0.3 is 0 Å². The average molecular weight is 409 g/mol. The summed E-state index contributed by atoms with van der Waals surface area (Å²) in [6, 6.07) is 6.98. The smallest absolute Gasteiger partial charge is 0.269 e. The lowest BCUT2D eigenvalue weighted by Gasteiger charge is -2.22. The molecule has 154 valence electrons. The van der Waals surface area contributed by atoms with Gasteiger partial charge in [-0.05, 0) is 24.1 Å². The molecule has 0 heterocycles. The second kappa shape index (κ2) is 9.67. The Morgan fingerprint density at radius 3 is 2.31 bits per heavy atom. The molecule has 7 nitrogen and oxygen atoms in total. The molecule has 10 heteroatoms. The number of benzene rings is 2. The second-order valence-corrected chi connectivity index (χ2v) is 6.19. The number of hydrogen-bond acceptors (Lipinski definition) is 4. The number of anilines is 1. The third-order valence-electron chi connectivity index (χ3n) is 3.99. The van der Waals surface area contributed by atoms with Gasteiger partial charge in [-0.2, -0.15) is 0 Å². The van der Waals surface area contributed by atoms with Gasteiger partial charge in [-0.1, -0.05) is 19.1 Å². The summed E-state index contributed by atoms with van der Waals surface area (Å²) >= 11 is 0. The molecular formula is C19H18F3N3O4. The van der Waals surface area contributed by atoms with E-state index < -0.39 is 46.4 Å². The monoisotopic (exact) mass is 409 g/mol. The van der Waals surface area contributed by atoms with Crippen molar-refractivity contribution in [3.63, 3.8) is 0 Å². The third-order valence-corrected chi connectivity index (χ3v) is 3.99. The molecule has 0 bridgehead atoms. The highest BCUT2D eigenvalue weighted by Gasteiger charge is 2.20. The number of hydrogen-bond donors (Lipinski definition) is 1. The van der Waals surface area contributed by atoms with Gasteiger partial charge in [-0.15, -0.1) is 0 Å². The molecule has 2 aromatic rings. The Hall–Kier alpha value is -3.43. The molecule has 0 fully saturated rings. The van der Waals surface area contributed by atoms with E-state index >= 15 is 0 Å². The molecule has 0 aliphatic carbocycles. The van der Waals surface area contributed by atoms with E-state index in [1.807, 2.05) is 0 Å². The fraction of sp³-hybridized carbons (Fsp3) is 0.263. The minimum Gasteiger partial charge on any atom is -0.333 e. The lowest BCUT2D eigenvalue weighted by Crippen LogP contribution is -2.39. The molecule has 0 saturated carbocycles. The minimum absolute atomic E-state index is 0.0924. The molecule has 0 aliphatic rings. The SMILES string of the molecule is CCCN(CC(=O)Nc1ccc(F)c(F)c1F)C(=O)Cc1ccc([N+](=O)[O-])cc1. The Balaban J connectivity index is 2.04. The summed E-state index contributed by atoms with van der Waals surface area (Å²) < 4.78 is 39.9. The number of amides is 2. The Bertz CT molecular complexity index is 920. The molecular weight excluding hydrogens is 391 g/mol. The van der Waals surface area contributed by atoms with E-state index in [1.54, 1.807) is 6.92 Å². The molecule has 0 aliphatic heterocycles. The maximum Gasteiger partial charge on any atom is 0.269 e. The van der Waals surface area contributed by atoms with E-state index in [-0.39, 0.29) is 18.7 Å². The second-order valence-electron chi connectivity index (χ2n) is 6.19. The molecule has 0 atom stereocenters. The van der Waals surface area contributed by atoms with Crippen LogP contribution in [0.2, 0.25) is 0 Å². The molecule has 29 heavy (non-hydrogen) atoms. The molecule has 0 spiro atoms.